The highest BCUT2D eigenvalue weighted by molar-refractivity contribution is 5.98. The first kappa shape index (κ1) is 17.8. The van der Waals surface area contributed by atoms with Crippen LogP contribution in [0.4, 0.5) is 0 Å². The fraction of sp³-hybridized carbons (Fsp3) is 0.471. The quantitative estimate of drug-likeness (QED) is 0.847. The summed E-state index contributed by atoms with van der Waals surface area (Å²) in [5.74, 6) is 0.00225. The maximum Gasteiger partial charge on any atom is 0.326 e. The molecule has 2 rings (SSSR count). The number of hydrogen-bond acceptors (Lipinski definition) is 4. The molecule has 0 aliphatic heterocycles. The lowest BCUT2D eigenvalue weighted by Gasteiger charge is -2.16. The second kappa shape index (κ2) is 6.90. The van der Waals surface area contributed by atoms with Crippen LogP contribution < -0.4 is 5.32 Å². The first-order valence-corrected chi connectivity index (χ1v) is 7.87. The topological polar surface area (TPSA) is 97.4 Å². The van der Waals surface area contributed by atoms with E-state index in [2.05, 4.69) is 10.5 Å². The molecule has 1 amide bonds. The van der Waals surface area contributed by atoms with Gasteiger partial charge in [-0.25, -0.2) is 4.79 Å². The van der Waals surface area contributed by atoms with Crippen molar-refractivity contribution in [3.05, 3.63) is 34.8 Å². The molecule has 0 spiro atoms. The van der Waals surface area contributed by atoms with Gasteiger partial charge in [-0.2, -0.15) is 0 Å². The van der Waals surface area contributed by atoms with E-state index < -0.39 is 17.9 Å². The van der Waals surface area contributed by atoms with Crippen molar-refractivity contribution in [1.29, 1.82) is 0 Å². The lowest BCUT2D eigenvalue weighted by Crippen LogP contribution is -2.41. The number of nitrogens with one attached hydrogen (secondary N) is 1. The molecule has 7 heteroatoms. The zero-order valence-electron chi connectivity index (χ0n) is 14.6. The molecule has 0 fully saturated rings. The van der Waals surface area contributed by atoms with Crippen molar-refractivity contribution in [3.8, 4) is 5.82 Å². The number of amides is 1. The number of aliphatic carboxylic acids is 1. The van der Waals surface area contributed by atoms with Crippen molar-refractivity contribution in [3.63, 3.8) is 0 Å². The SMILES string of the molecule is Cc1cc(-n2c(C)cc(C(=O)N[C@H](CC(C)C)C(=O)O)c2C)no1. The van der Waals surface area contributed by atoms with Gasteiger partial charge in [0.2, 0.25) is 0 Å². The lowest BCUT2D eigenvalue weighted by molar-refractivity contribution is -0.139. The zero-order chi connectivity index (χ0) is 18.0. The highest BCUT2D eigenvalue weighted by Gasteiger charge is 2.24. The Hall–Kier alpha value is -2.57. The van der Waals surface area contributed by atoms with E-state index in [0.717, 1.165) is 5.69 Å². The van der Waals surface area contributed by atoms with Gasteiger partial charge in [-0.15, -0.1) is 0 Å². The Bertz CT molecular complexity index is 758. The van der Waals surface area contributed by atoms with Crippen LogP contribution in [0.1, 0.15) is 47.8 Å². The highest BCUT2D eigenvalue weighted by Crippen LogP contribution is 2.21. The number of carbonyl (C=O) groups excluding carboxylic acids is 1. The molecule has 2 aromatic rings. The van der Waals surface area contributed by atoms with E-state index in [4.69, 9.17) is 4.52 Å². The predicted octanol–water partition coefficient (Wildman–Crippen LogP) is 2.62. The molecule has 0 unspecified atom stereocenters. The molecule has 0 bridgehead atoms. The van der Waals surface area contributed by atoms with Gasteiger partial charge in [0.1, 0.15) is 11.8 Å². The molecule has 1 atom stereocenters. The highest BCUT2D eigenvalue weighted by atomic mass is 16.5. The van der Waals surface area contributed by atoms with Crippen molar-refractivity contribution < 1.29 is 19.2 Å². The van der Waals surface area contributed by atoms with Crippen LogP contribution in [0.15, 0.2) is 16.7 Å². The second-order valence-corrected chi connectivity index (χ2v) is 6.41. The summed E-state index contributed by atoms with van der Waals surface area (Å²) in [5.41, 5.74) is 1.94. The first-order valence-electron chi connectivity index (χ1n) is 7.87. The maximum atomic E-state index is 12.5. The molecule has 0 aliphatic rings. The normalized spacial score (nSPS) is 12.4. The Kier molecular flexibility index (Phi) is 5.11. The Morgan fingerprint density at radius 1 is 1.29 bits per heavy atom. The number of carbonyl (C=O) groups is 2. The summed E-state index contributed by atoms with van der Waals surface area (Å²) in [7, 11) is 0. The standard InChI is InChI=1S/C17H23N3O4/c1-9(2)6-14(17(22)23)18-16(21)13-7-10(3)20(12(13)5)15-8-11(4)24-19-15/h7-9,14H,6H2,1-5H3,(H,18,21)(H,22,23)/t14-/m1/s1. The molecular formula is C17H23N3O4. The van der Waals surface area contributed by atoms with Gasteiger partial charge in [0.05, 0.1) is 5.56 Å². The summed E-state index contributed by atoms with van der Waals surface area (Å²) in [6.07, 6.45) is 0.377. The largest absolute Gasteiger partial charge is 0.480 e. The number of hydrogen-bond donors (Lipinski definition) is 2. The van der Waals surface area contributed by atoms with Crippen LogP contribution in [0, 0.1) is 26.7 Å². The fourth-order valence-electron chi connectivity index (χ4n) is 2.73. The van der Waals surface area contributed by atoms with Crippen LogP contribution in [0.3, 0.4) is 0 Å². The smallest absolute Gasteiger partial charge is 0.326 e. The molecule has 0 radical (unpaired) electrons. The van der Waals surface area contributed by atoms with Crippen LogP contribution in [-0.4, -0.2) is 32.7 Å². The average molecular weight is 333 g/mol. The summed E-state index contributed by atoms with van der Waals surface area (Å²) in [4.78, 5) is 23.9. The van der Waals surface area contributed by atoms with Crippen LogP contribution in [-0.2, 0) is 4.79 Å². The van der Waals surface area contributed by atoms with E-state index in [-0.39, 0.29) is 5.92 Å². The molecule has 0 aliphatic carbocycles. The fourth-order valence-corrected chi connectivity index (χ4v) is 2.73. The third-order valence-corrected chi connectivity index (χ3v) is 3.83. The zero-order valence-corrected chi connectivity index (χ0v) is 14.6. The summed E-state index contributed by atoms with van der Waals surface area (Å²) in [5, 5.41) is 15.9. The van der Waals surface area contributed by atoms with Crippen molar-refractivity contribution >= 4 is 11.9 Å². The minimum absolute atomic E-state index is 0.164. The number of nitrogens with zero attached hydrogens (tertiary/aromatic N) is 2. The van der Waals surface area contributed by atoms with E-state index in [0.29, 0.717) is 29.3 Å². The van der Waals surface area contributed by atoms with E-state index in [1.807, 2.05) is 25.3 Å². The first-order chi connectivity index (χ1) is 11.2. The molecule has 130 valence electrons. The van der Waals surface area contributed by atoms with E-state index in [9.17, 15) is 14.7 Å². The number of aryl methyl sites for hydroxylation is 2. The summed E-state index contributed by atoms with van der Waals surface area (Å²) in [6.45, 7) is 9.28. The van der Waals surface area contributed by atoms with Crippen LogP contribution in [0.5, 0.6) is 0 Å². The third kappa shape index (κ3) is 3.67. The summed E-state index contributed by atoms with van der Waals surface area (Å²) >= 11 is 0. The second-order valence-electron chi connectivity index (χ2n) is 6.41. The minimum Gasteiger partial charge on any atom is -0.480 e. The minimum atomic E-state index is -1.03. The lowest BCUT2D eigenvalue weighted by atomic mass is 10.0. The van der Waals surface area contributed by atoms with Crippen LogP contribution in [0.2, 0.25) is 0 Å². The van der Waals surface area contributed by atoms with E-state index in [1.54, 1.807) is 26.0 Å². The van der Waals surface area contributed by atoms with Gasteiger partial charge in [-0.05, 0) is 39.2 Å². The maximum absolute atomic E-state index is 12.5. The monoisotopic (exact) mass is 333 g/mol. The third-order valence-electron chi connectivity index (χ3n) is 3.83. The van der Waals surface area contributed by atoms with Crippen molar-refractivity contribution in [2.45, 2.75) is 47.1 Å². The number of carboxylic acids is 1. The molecule has 2 aromatic heterocycles. The van der Waals surface area contributed by atoms with Crippen molar-refractivity contribution in [2.24, 2.45) is 5.92 Å². The van der Waals surface area contributed by atoms with Gasteiger partial charge in [0.25, 0.3) is 5.91 Å². The van der Waals surface area contributed by atoms with Gasteiger partial charge < -0.3 is 14.9 Å². The number of aromatic nitrogens is 2. The molecule has 0 saturated carbocycles. The number of carboxylic acid groups (broad SMARTS) is 1. The van der Waals surface area contributed by atoms with Crippen LogP contribution >= 0.6 is 0 Å². The Labute approximate surface area is 140 Å². The van der Waals surface area contributed by atoms with Gasteiger partial charge in [-0.1, -0.05) is 19.0 Å². The molecule has 0 aromatic carbocycles. The van der Waals surface area contributed by atoms with Crippen LogP contribution in [0.25, 0.3) is 5.82 Å². The Morgan fingerprint density at radius 2 is 1.96 bits per heavy atom. The Morgan fingerprint density at radius 3 is 2.46 bits per heavy atom. The Balaban J connectivity index is 2.29. The van der Waals surface area contributed by atoms with Gasteiger partial charge in [0.15, 0.2) is 5.82 Å². The molecule has 0 saturated heterocycles. The van der Waals surface area contributed by atoms with Crippen molar-refractivity contribution in [1.82, 2.24) is 15.0 Å². The summed E-state index contributed by atoms with van der Waals surface area (Å²) < 4.78 is 6.90. The van der Waals surface area contributed by atoms with E-state index in [1.165, 1.54) is 0 Å². The summed E-state index contributed by atoms with van der Waals surface area (Å²) in [6, 6.07) is 2.60. The molecule has 2 N–H and O–H groups in total. The van der Waals surface area contributed by atoms with Gasteiger partial charge in [0, 0.05) is 17.5 Å². The number of rotatable bonds is 6. The molecule has 24 heavy (non-hydrogen) atoms. The predicted molar refractivity (Wildman–Crippen MR) is 88.4 cm³/mol. The van der Waals surface area contributed by atoms with Crippen molar-refractivity contribution in [2.75, 3.05) is 0 Å². The van der Waals surface area contributed by atoms with Gasteiger partial charge >= 0.3 is 5.97 Å². The molecule has 2 heterocycles. The van der Waals surface area contributed by atoms with Gasteiger partial charge in [-0.3, -0.25) is 9.36 Å². The van der Waals surface area contributed by atoms with E-state index >= 15 is 0 Å². The average Bonchev–Trinajstić information content (AvgIpc) is 3.01. The molecule has 7 nitrogen and oxygen atoms in total. The molecular weight excluding hydrogens is 310 g/mol.